The van der Waals surface area contributed by atoms with Crippen LogP contribution in [-0.2, 0) is 0 Å². The third kappa shape index (κ3) is 6.57. The van der Waals surface area contributed by atoms with Gasteiger partial charge in [0.05, 0.1) is 10.4 Å². The second-order valence-electron chi connectivity index (χ2n) is 17.9. The van der Waals surface area contributed by atoms with Crippen molar-refractivity contribution in [2.24, 2.45) is 0 Å². The lowest BCUT2D eigenvalue weighted by Gasteiger charge is -2.27. The lowest BCUT2D eigenvalue weighted by atomic mass is 9.85. The van der Waals surface area contributed by atoms with Gasteiger partial charge in [-0.2, -0.15) is 0 Å². The number of anilines is 3. The topological polar surface area (TPSA) is 29.5 Å². The van der Waals surface area contributed by atoms with Gasteiger partial charge in [-0.1, -0.05) is 176 Å². The zero-order chi connectivity index (χ0) is 46.1. The first-order chi connectivity index (χ1) is 34.7. The van der Waals surface area contributed by atoms with Crippen molar-refractivity contribution in [3.05, 3.63) is 249 Å². The lowest BCUT2D eigenvalue weighted by Crippen LogP contribution is -2.10. The van der Waals surface area contributed by atoms with Crippen LogP contribution in [0.1, 0.15) is 0 Å². The summed E-state index contributed by atoms with van der Waals surface area (Å²) in [4.78, 5) is 2.42. The molecule has 70 heavy (non-hydrogen) atoms. The van der Waals surface area contributed by atoms with E-state index in [1.807, 2.05) is 23.5 Å². The highest BCUT2D eigenvalue weighted by atomic mass is 32.1. The molecule has 0 amide bonds. The van der Waals surface area contributed by atoms with E-state index in [-0.39, 0.29) is 0 Å². The monoisotopic (exact) mass is 911 g/mol. The van der Waals surface area contributed by atoms with Crippen molar-refractivity contribution in [3.8, 4) is 55.6 Å². The van der Waals surface area contributed by atoms with Gasteiger partial charge in [0.15, 0.2) is 0 Å². The van der Waals surface area contributed by atoms with Gasteiger partial charge in [-0.25, -0.2) is 0 Å². The van der Waals surface area contributed by atoms with Crippen LogP contribution in [0.2, 0.25) is 0 Å². The summed E-state index contributed by atoms with van der Waals surface area (Å²) >= 11 is 1.85. The molecule has 0 unspecified atom stereocenters. The van der Waals surface area contributed by atoms with Crippen LogP contribution in [0, 0.1) is 0 Å². The fourth-order valence-corrected chi connectivity index (χ4v) is 11.9. The maximum atomic E-state index is 6.65. The molecule has 0 fully saturated rings. The number of hydrogen-bond acceptors (Lipinski definition) is 4. The van der Waals surface area contributed by atoms with Crippen molar-refractivity contribution in [2.45, 2.75) is 0 Å². The van der Waals surface area contributed by atoms with Crippen LogP contribution in [0.25, 0.3) is 120 Å². The predicted molar refractivity (Wildman–Crippen MR) is 296 cm³/mol. The van der Waals surface area contributed by atoms with Crippen molar-refractivity contribution in [2.75, 3.05) is 4.90 Å². The molecule has 0 saturated heterocycles. The highest BCUT2D eigenvalue weighted by Gasteiger charge is 2.24. The van der Waals surface area contributed by atoms with Gasteiger partial charge in [-0.15, -0.1) is 11.3 Å². The molecule has 0 N–H and O–H groups in total. The normalized spacial score (nSPS) is 11.7. The minimum atomic E-state index is 0.851. The van der Waals surface area contributed by atoms with Crippen molar-refractivity contribution >= 4 is 92.4 Å². The van der Waals surface area contributed by atoms with Crippen LogP contribution in [-0.4, -0.2) is 0 Å². The van der Waals surface area contributed by atoms with Gasteiger partial charge >= 0.3 is 0 Å². The molecule has 11 aromatic carbocycles. The Morgan fingerprint density at radius 2 is 0.700 bits per heavy atom. The summed E-state index contributed by atoms with van der Waals surface area (Å²) in [6.07, 6.45) is 0. The first-order valence-electron chi connectivity index (χ1n) is 23.7. The molecule has 3 heterocycles. The minimum Gasteiger partial charge on any atom is -0.456 e. The molecule has 0 aliphatic heterocycles. The summed E-state index contributed by atoms with van der Waals surface area (Å²) in [6.45, 7) is 0. The van der Waals surface area contributed by atoms with E-state index in [0.29, 0.717) is 0 Å². The molecule has 3 aromatic heterocycles. The van der Waals surface area contributed by atoms with Gasteiger partial charge in [0.1, 0.15) is 22.3 Å². The number of para-hydroxylation sites is 2. The number of furan rings is 2. The van der Waals surface area contributed by atoms with E-state index >= 15 is 0 Å². The standard InChI is InChI=1S/C66H41NO2S/c1-3-14-42(15-4-1)44-26-28-46(29-27-44)62-51(38-40-59-64(62)54-19-7-10-23-57(54)68-59)52-39-41-60-65(55-20-8-11-24-58(55)69-60)63(52)47-32-36-49(37-33-47)67(48-34-30-45(31-35-48)43-16-5-2-6-17-43)56-22-13-21-53-50-18-9-12-25-61(50)70-66(53)56/h1-41H. The van der Waals surface area contributed by atoms with Gasteiger partial charge in [-0.3, -0.25) is 0 Å². The molecule has 14 aromatic rings. The Hall–Kier alpha value is -8.96. The summed E-state index contributed by atoms with van der Waals surface area (Å²) < 4.78 is 15.8. The Kier molecular flexibility index (Phi) is 9.39. The lowest BCUT2D eigenvalue weighted by molar-refractivity contribution is 0.668. The Morgan fingerprint density at radius 1 is 0.286 bits per heavy atom. The van der Waals surface area contributed by atoms with Gasteiger partial charge in [-0.05, 0) is 117 Å². The zero-order valence-electron chi connectivity index (χ0n) is 37.8. The molecule has 0 atom stereocenters. The molecule has 0 bridgehead atoms. The van der Waals surface area contributed by atoms with Crippen molar-refractivity contribution in [3.63, 3.8) is 0 Å². The number of nitrogens with zero attached hydrogens (tertiary/aromatic N) is 1. The molecule has 0 spiro atoms. The minimum absolute atomic E-state index is 0.851. The smallest absolute Gasteiger partial charge is 0.136 e. The Balaban J connectivity index is 0.984. The third-order valence-corrected chi connectivity index (χ3v) is 15.1. The summed E-state index contributed by atoms with van der Waals surface area (Å²) in [6, 6.07) is 89.4. The van der Waals surface area contributed by atoms with E-state index in [9.17, 15) is 0 Å². The fraction of sp³-hybridized carbons (Fsp3) is 0. The number of hydrogen-bond donors (Lipinski definition) is 0. The Morgan fingerprint density at radius 3 is 1.24 bits per heavy atom. The maximum Gasteiger partial charge on any atom is 0.136 e. The first kappa shape index (κ1) is 40.1. The number of rotatable bonds is 8. The summed E-state index contributed by atoms with van der Waals surface area (Å²) in [5.74, 6) is 0. The molecule has 14 rings (SSSR count). The molecule has 0 radical (unpaired) electrons. The van der Waals surface area contributed by atoms with Crippen molar-refractivity contribution in [1.29, 1.82) is 0 Å². The highest BCUT2D eigenvalue weighted by Crippen LogP contribution is 2.50. The van der Waals surface area contributed by atoms with Crippen LogP contribution >= 0.6 is 11.3 Å². The van der Waals surface area contributed by atoms with Gasteiger partial charge in [0.25, 0.3) is 0 Å². The third-order valence-electron chi connectivity index (χ3n) is 13.9. The molecule has 0 aliphatic rings. The van der Waals surface area contributed by atoms with Crippen LogP contribution in [0.15, 0.2) is 258 Å². The predicted octanol–water partition coefficient (Wildman–Crippen LogP) is 19.7. The van der Waals surface area contributed by atoms with Gasteiger partial charge in [0, 0.05) is 59.5 Å². The highest BCUT2D eigenvalue weighted by molar-refractivity contribution is 7.26. The van der Waals surface area contributed by atoms with E-state index in [4.69, 9.17) is 8.83 Å². The molecule has 3 nitrogen and oxygen atoms in total. The summed E-state index contributed by atoms with van der Waals surface area (Å²) in [7, 11) is 0. The second-order valence-corrected chi connectivity index (χ2v) is 19.0. The Labute approximate surface area is 408 Å². The second kappa shape index (κ2) is 16.4. The van der Waals surface area contributed by atoms with E-state index < -0.39 is 0 Å². The van der Waals surface area contributed by atoms with Crippen LogP contribution in [0.4, 0.5) is 17.1 Å². The van der Waals surface area contributed by atoms with E-state index in [1.54, 1.807) is 0 Å². The quantitative estimate of drug-likeness (QED) is 0.152. The Bertz CT molecular complexity index is 4260. The summed E-state index contributed by atoms with van der Waals surface area (Å²) in [5.41, 5.74) is 18.2. The van der Waals surface area contributed by atoms with Gasteiger partial charge < -0.3 is 13.7 Å². The zero-order valence-corrected chi connectivity index (χ0v) is 38.7. The summed E-state index contributed by atoms with van der Waals surface area (Å²) in [5, 5.41) is 6.90. The first-order valence-corrected chi connectivity index (χ1v) is 24.5. The van der Waals surface area contributed by atoms with E-state index in [0.717, 1.165) is 94.3 Å². The SMILES string of the molecule is c1ccc(-c2ccc(-c3c(-c4ccc5oc6ccccc6c5c4-c4ccc(N(c5ccc(-c6ccccc6)cc5)c5cccc6c5sc5ccccc56)cc4)ccc4oc5ccccc5c34)cc2)cc1. The molecular formula is C66H41NO2S. The van der Waals surface area contributed by atoms with Crippen LogP contribution < -0.4 is 4.90 Å². The van der Waals surface area contributed by atoms with Crippen molar-refractivity contribution in [1.82, 2.24) is 0 Å². The van der Waals surface area contributed by atoms with Crippen molar-refractivity contribution < 1.29 is 8.83 Å². The molecule has 328 valence electrons. The van der Waals surface area contributed by atoms with E-state index in [1.165, 1.54) is 42.4 Å². The van der Waals surface area contributed by atoms with Gasteiger partial charge in [0.2, 0.25) is 0 Å². The number of thiophene rings is 1. The van der Waals surface area contributed by atoms with Crippen LogP contribution in [0.5, 0.6) is 0 Å². The fourth-order valence-electron chi connectivity index (χ4n) is 10.7. The maximum absolute atomic E-state index is 6.65. The molecule has 0 saturated carbocycles. The average Bonchev–Trinajstić information content (AvgIpc) is 4.14. The molecule has 0 aliphatic carbocycles. The number of benzene rings is 11. The van der Waals surface area contributed by atoms with E-state index in [2.05, 4.69) is 241 Å². The number of fused-ring (bicyclic) bond motifs is 9. The van der Waals surface area contributed by atoms with Crippen LogP contribution in [0.3, 0.4) is 0 Å². The average molecular weight is 912 g/mol. The molecular weight excluding hydrogens is 871 g/mol. The molecule has 4 heteroatoms. The largest absolute Gasteiger partial charge is 0.456 e.